The molecule has 0 aromatic heterocycles. The minimum Gasteiger partial charge on any atom is -0.419 e. The van der Waals surface area contributed by atoms with Crippen molar-refractivity contribution < 1.29 is 4.43 Å². The van der Waals surface area contributed by atoms with E-state index in [-0.39, 0.29) is 0 Å². The smallest absolute Gasteiger partial charge is 0.167 e. The lowest BCUT2D eigenvalue weighted by Gasteiger charge is -2.28. The van der Waals surface area contributed by atoms with E-state index in [1.807, 2.05) is 13.0 Å². The Balaban J connectivity index is 2.49. The van der Waals surface area contributed by atoms with Crippen molar-refractivity contribution in [3.63, 3.8) is 0 Å². The standard InChI is InChI=1S/C14H25NOSi/c1-10(2)14(4,5)17-16-9-12-7-6-11(3)13(15)8-12/h6-8,10H,9,15,17H2,1-5H3. The van der Waals surface area contributed by atoms with Gasteiger partial charge in [-0.15, -0.1) is 0 Å². The van der Waals surface area contributed by atoms with Gasteiger partial charge in [-0.3, -0.25) is 0 Å². The Hall–Kier alpha value is -0.803. The van der Waals surface area contributed by atoms with Gasteiger partial charge in [-0.05, 0) is 35.1 Å². The van der Waals surface area contributed by atoms with E-state index in [1.54, 1.807) is 0 Å². The number of nitrogen functional groups attached to an aromatic ring is 1. The molecule has 0 saturated heterocycles. The molecule has 1 rings (SSSR count). The third-order valence-corrected chi connectivity index (χ3v) is 5.62. The minimum absolute atomic E-state index is 0.357. The van der Waals surface area contributed by atoms with Gasteiger partial charge in [0.1, 0.15) is 0 Å². The first-order chi connectivity index (χ1) is 7.83. The second-order valence-corrected chi connectivity index (χ2v) is 8.35. The molecule has 0 spiro atoms. The molecular formula is C14H25NOSi. The molecule has 1 aromatic rings. The van der Waals surface area contributed by atoms with Crippen molar-refractivity contribution in [2.24, 2.45) is 5.92 Å². The van der Waals surface area contributed by atoms with Gasteiger partial charge in [0.05, 0.1) is 6.61 Å². The molecule has 0 radical (unpaired) electrons. The summed E-state index contributed by atoms with van der Waals surface area (Å²) >= 11 is 0. The average molecular weight is 251 g/mol. The van der Waals surface area contributed by atoms with Crippen molar-refractivity contribution in [3.8, 4) is 0 Å². The van der Waals surface area contributed by atoms with Gasteiger partial charge in [0.2, 0.25) is 0 Å². The van der Waals surface area contributed by atoms with E-state index in [1.165, 1.54) is 5.56 Å². The van der Waals surface area contributed by atoms with Gasteiger partial charge >= 0.3 is 0 Å². The lowest BCUT2D eigenvalue weighted by atomic mass is 9.99. The number of hydrogen-bond acceptors (Lipinski definition) is 2. The van der Waals surface area contributed by atoms with Crippen molar-refractivity contribution in [2.45, 2.75) is 46.3 Å². The second kappa shape index (κ2) is 5.69. The first kappa shape index (κ1) is 14.3. The van der Waals surface area contributed by atoms with Gasteiger partial charge in [-0.25, -0.2) is 0 Å². The van der Waals surface area contributed by atoms with Crippen LogP contribution in [0.4, 0.5) is 5.69 Å². The molecule has 0 bridgehead atoms. The fourth-order valence-corrected chi connectivity index (χ4v) is 2.58. The molecule has 2 N–H and O–H groups in total. The molecule has 1 aromatic carbocycles. The van der Waals surface area contributed by atoms with Crippen LogP contribution in [0.3, 0.4) is 0 Å². The van der Waals surface area contributed by atoms with E-state index < -0.39 is 9.76 Å². The Morgan fingerprint density at radius 3 is 2.53 bits per heavy atom. The van der Waals surface area contributed by atoms with Gasteiger partial charge < -0.3 is 10.2 Å². The van der Waals surface area contributed by atoms with E-state index in [9.17, 15) is 0 Å². The second-order valence-electron chi connectivity index (χ2n) is 5.83. The van der Waals surface area contributed by atoms with Crippen LogP contribution in [0.1, 0.15) is 38.8 Å². The SMILES string of the molecule is Cc1ccc(CO[SiH2]C(C)(C)C(C)C)cc1N. The summed E-state index contributed by atoms with van der Waals surface area (Å²) in [4.78, 5) is 0. The van der Waals surface area contributed by atoms with Crippen molar-refractivity contribution in [1.82, 2.24) is 0 Å². The highest BCUT2D eigenvalue weighted by molar-refractivity contribution is 6.32. The molecular weight excluding hydrogens is 226 g/mol. The Kier molecular flexibility index (Phi) is 4.77. The molecule has 96 valence electrons. The fourth-order valence-electron chi connectivity index (χ4n) is 1.38. The van der Waals surface area contributed by atoms with Crippen LogP contribution in [0.2, 0.25) is 5.04 Å². The quantitative estimate of drug-likeness (QED) is 0.645. The van der Waals surface area contributed by atoms with Gasteiger partial charge in [0.25, 0.3) is 0 Å². The maximum atomic E-state index is 5.92. The third kappa shape index (κ3) is 4.17. The lowest BCUT2D eigenvalue weighted by molar-refractivity contribution is 0.291. The highest BCUT2D eigenvalue weighted by Crippen LogP contribution is 2.32. The first-order valence-electron chi connectivity index (χ1n) is 6.25. The molecule has 0 atom stereocenters. The van der Waals surface area contributed by atoms with Crippen LogP contribution in [0, 0.1) is 12.8 Å². The molecule has 0 heterocycles. The zero-order valence-corrected chi connectivity index (χ0v) is 13.1. The Morgan fingerprint density at radius 1 is 1.35 bits per heavy atom. The number of nitrogens with two attached hydrogens (primary N) is 1. The minimum atomic E-state index is -0.515. The molecule has 0 amide bonds. The molecule has 0 aliphatic heterocycles. The summed E-state index contributed by atoms with van der Waals surface area (Å²) in [7, 11) is -0.515. The van der Waals surface area contributed by atoms with Crippen LogP contribution < -0.4 is 5.73 Å². The number of aryl methyl sites for hydroxylation is 1. The van der Waals surface area contributed by atoms with E-state index >= 15 is 0 Å². The summed E-state index contributed by atoms with van der Waals surface area (Å²) in [5.41, 5.74) is 9.05. The lowest BCUT2D eigenvalue weighted by Crippen LogP contribution is -2.22. The normalized spacial score (nSPS) is 12.8. The molecule has 0 aliphatic rings. The summed E-state index contributed by atoms with van der Waals surface area (Å²) in [5, 5.41) is 0.357. The number of hydrogen-bond donors (Lipinski definition) is 1. The van der Waals surface area contributed by atoms with Gasteiger partial charge in [0, 0.05) is 5.69 Å². The summed E-state index contributed by atoms with van der Waals surface area (Å²) in [6, 6.07) is 6.18. The summed E-state index contributed by atoms with van der Waals surface area (Å²) in [5.74, 6) is 0.678. The largest absolute Gasteiger partial charge is 0.419 e. The molecule has 0 saturated carbocycles. The van der Waals surface area contributed by atoms with Crippen LogP contribution in [0.5, 0.6) is 0 Å². The van der Waals surface area contributed by atoms with Crippen molar-refractivity contribution >= 4 is 15.5 Å². The van der Waals surface area contributed by atoms with E-state index in [0.717, 1.165) is 11.3 Å². The fraction of sp³-hybridized carbons (Fsp3) is 0.571. The maximum Gasteiger partial charge on any atom is 0.167 e. The molecule has 0 fully saturated rings. The van der Waals surface area contributed by atoms with Crippen molar-refractivity contribution in [3.05, 3.63) is 29.3 Å². The molecule has 2 nitrogen and oxygen atoms in total. The van der Waals surface area contributed by atoms with E-state index in [4.69, 9.17) is 10.2 Å². The van der Waals surface area contributed by atoms with Crippen LogP contribution in [0.15, 0.2) is 18.2 Å². The summed E-state index contributed by atoms with van der Waals surface area (Å²) < 4.78 is 5.92. The zero-order valence-electron chi connectivity index (χ0n) is 11.7. The highest BCUT2D eigenvalue weighted by atomic mass is 28.2. The monoisotopic (exact) mass is 251 g/mol. The maximum absolute atomic E-state index is 5.92. The third-order valence-electron chi connectivity index (χ3n) is 3.65. The van der Waals surface area contributed by atoms with E-state index in [2.05, 4.69) is 39.8 Å². The van der Waals surface area contributed by atoms with Crippen LogP contribution in [0.25, 0.3) is 0 Å². The van der Waals surface area contributed by atoms with Crippen LogP contribution in [-0.2, 0) is 11.0 Å². The highest BCUT2D eigenvalue weighted by Gasteiger charge is 2.23. The van der Waals surface area contributed by atoms with Crippen molar-refractivity contribution in [1.29, 1.82) is 0 Å². The Morgan fingerprint density at radius 2 is 2.00 bits per heavy atom. The van der Waals surface area contributed by atoms with Gasteiger partial charge in [-0.2, -0.15) is 0 Å². The summed E-state index contributed by atoms with van der Waals surface area (Å²) in [6.45, 7) is 11.9. The van der Waals surface area contributed by atoms with Crippen molar-refractivity contribution in [2.75, 3.05) is 5.73 Å². The molecule has 3 heteroatoms. The zero-order chi connectivity index (χ0) is 13.1. The van der Waals surface area contributed by atoms with E-state index in [0.29, 0.717) is 17.6 Å². The molecule has 17 heavy (non-hydrogen) atoms. The number of anilines is 1. The van der Waals surface area contributed by atoms with Crippen LogP contribution in [-0.4, -0.2) is 9.76 Å². The molecule has 0 aliphatic carbocycles. The molecule has 0 unspecified atom stereocenters. The Bertz CT molecular complexity index is 374. The number of rotatable bonds is 5. The topological polar surface area (TPSA) is 35.2 Å². The van der Waals surface area contributed by atoms with Gasteiger partial charge in [0.15, 0.2) is 9.76 Å². The predicted octanol–water partition coefficient (Wildman–Crippen LogP) is 3.03. The Labute approximate surface area is 108 Å². The number of benzene rings is 1. The van der Waals surface area contributed by atoms with Gasteiger partial charge in [-0.1, -0.05) is 39.8 Å². The van der Waals surface area contributed by atoms with Crippen LogP contribution >= 0.6 is 0 Å². The predicted molar refractivity (Wildman–Crippen MR) is 77.8 cm³/mol. The summed E-state index contributed by atoms with van der Waals surface area (Å²) in [6.07, 6.45) is 0. The first-order valence-corrected chi connectivity index (χ1v) is 7.54. The average Bonchev–Trinajstić information content (AvgIpc) is 2.23.